The van der Waals surface area contributed by atoms with Crippen molar-refractivity contribution < 1.29 is 19.0 Å². The van der Waals surface area contributed by atoms with E-state index in [1.165, 1.54) is 7.11 Å². The first-order valence-corrected chi connectivity index (χ1v) is 5.99. The molecular formula is C14H18O4. The summed E-state index contributed by atoms with van der Waals surface area (Å²) in [7, 11) is 4.62. The monoisotopic (exact) mass is 250 g/mol. The summed E-state index contributed by atoms with van der Waals surface area (Å²) in [4.78, 5) is 12.0. The molecule has 0 spiro atoms. The van der Waals surface area contributed by atoms with Crippen molar-refractivity contribution in [3.05, 3.63) is 23.8 Å². The fourth-order valence-electron chi connectivity index (χ4n) is 2.47. The summed E-state index contributed by atoms with van der Waals surface area (Å²) in [6.45, 7) is 0. The van der Waals surface area contributed by atoms with E-state index in [0.29, 0.717) is 11.5 Å². The number of rotatable bonds is 4. The van der Waals surface area contributed by atoms with Gasteiger partial charge in [0.05, 0.1) is 26.7 Å². The van der Waals surface area contributed by atoms with E-state index in [1.54, 1.807) is 14.2 Å². The Balaban J connectivity index is 2.41. The van der Waals surface area contributed by atoms with Crippen molar-refractivity contribution in [3.8, 4) is 11.5 Å². The van der Waals surface area contributed by atoms with Gasteiger partial charge in [0, 0.05) is 0 Å². The van der Waals surface area contributed by atoms with Gasteiger partial charge in [0.25, 0.3) is 0 Å². The van der Waals surface area contributed by atoms with Crippen molar-refractivity contribution in [1.82, 2.24) is 0 Å². The molecule has 4 heteroatoms. The first-order chi connectivity index (χ1) is 8.67. The molecule has 1 saturated carbocycles. The van der Waals surface area contributed by atoms with Gasteiger partial charge in [0.15, 0.2) is 11.5 Å². The van der Waals surface area contributed by atoms with Crippen LogP contribution in [0, 0.1) is 0 Å². The largest absolute Gasteiger partial charge is 0.493 e. The molecule has 1 aliphatic rings. The van der Waals surface area contributed by atoms with E-state index < -0.39 is 5.41 Å². The van der Waals surface area contributed by atoms with Gasteiger partial charge in [0.1, 0.15) is 0 Å². The Morgan fingerprint density at radius 2 is 1.78 bits per heavy atom. The third-order valence-corrected chi connectivity index (χ3v) is 3.72. The van der Waals surface area contributed by atoms with Crippen LogP contribution in [0.4, 0.5) is 0 Å². The Bertz CT molecular complexity index is 449. The molecule has 1 fully saturated rings. The average molecular weight is 250 g/mol. The van der Waals surface area contributed by atoms with Gasteiger partial charge in [-0.15, -0.1) is 0 Å². The lowest BCUT2D eigenvalue weighted by molar-refractivity contribution is -0.151. The van der Waals surface area contributed by atoms with Gasteiger partial charge in [-0.3, -0.25) is 4.79 Å². The molecule has 0 N–H and O–H groups in total. The van der Waals surface area contributed by atoms with Gasteiger partial charge in [-0.05, 0) is 30.5 Å². The zero-order chi connectivity index (χ0) is 13.2. The lowest BCUT2D eigenvalue weighted by Crippen LogP contribution is -2.43. The third kappa shape index (κ3) is 1.82. The molecule has 0 atom stereocenters. The van der Waals surface area contributed by atoms with E-state index in [1.807, 2.05) is 18.2 Å². The molecule has 1 aromatic rings. The maximum atomic E-state index is 12.0. The lowest BCUT2D eigenvalue weighted by atomic mass is 9.64. The van der Waals surface area contributed by atoms with Crippen LogP contribution in [0.3, 0.4) is 0 Å². The zero-order valence-corrected chi connectivity index (χ0v) is 11.0. The van der Waals surface area contributed by atoms with Gasteiger partial charge in [0.2, 0.25) is 0 Å². The zero-order valence-electron chi connectivity index (χ0n) is 11.0. The van der Waals surface area contributed by atoms with Crippen molar-refractivity contribution in [2.45, 2.75) is 24.7 Å². The van der Waals surface area contributed by atoms with Crippen molar-refractivity contribution >= 4 is 5.97 Å². The van der Waals surface area contributed by atoms with E-state index in [-0.39, 0.29) is 5.97 Å². The molecule has 0 heterocycles. The van der Waals surface area contributed by atoms with E-state index in [9.17, 15) is 4.79 Å². The molecule has 0 bridgehead atoms. The Morgan fingerprint density at radius 1 is 1.11 bits per heavy atom. The Labute approximate surface area is 107 Å². The normalized spacial score (nSPS) is 16.6. The van der Waals surface area contributed by atoms with Crippen LogP contribution in [0.1, 0.15) is 24.8 Å². The third-order valence-electron chi connectivity index (χ3n) is 3.72. The molecular weight excluding hydrogens is 232 g/mol. The second-order valence-corrected chi connectivity index (χ2v) is 4.50. The lowest BCUT2D eigenvalue weighted by Gasteiger charge is -2.39. The summed E-state index contributed by atoms with van der Waals surface area (Å²) in [5, 5.41) is 0. The minimum absolute atomic E-state index is 0.166. The highest BCUT2D eigenvalue weighted by atomic mass is 16.5. The topological polar surface area (TPSA) is 44.8 Å². The molecule has 0 radical (unpaired) electrons. The second-order valence-electron chi connectivity index (χ2n) is 4.50. The molecule has 0 saturated heterocycles. The predicted octanol–water partition coefficient (Wildman–Crippen LogP) is 2.30. The summed E-state index contributed by atoms with van der Waals surface area (Å²) in [6.07, 6.45) is 2.70. The molecule has 1 aromatic carbocycles. The Hall–Kier alpha value is -1.71. The number of ether oxygens (including phenoxy) is 3. The summed E-state index contributed by atoms with van der Waals surface area (Å²) >= 11 is 0. The van der Waals surface area contributed by atoms with Crippen LogP contribution in [0.2, 0.25) is 0 Å². The number of benzene rings is 1. The fraction of sp³-hybridized carbons (Fsp3) is 0.500. The summed E-state index contributed by atoms with van der Waals surface area (Å²) in [5.74, 6) is 1.15. The van der Waals surface area contributed by atoms with Crippen molar-refractivity contribution in [3.63, 3.8) is 0 Å². The minimum Gasteiger partial charge on any atom is -0.493 e. The van der Waals surface area contributed by atoms with Crippen molar-refractivity contribution in [2.24, 2.45) is 0 Å². The van der Waals surface area contributed by atoms with E-state index in [2.05, 4.69) is 0 Å². The molecule has 0 aliphatic heterocycles. The number of hydrogen-bond acceptors (Lipinski definition) is 4. The SMILES string of the molecule is COC(=O)C1(c2ccc(OC)c(OC)c2)CCC1. The number of hydrogen-bond donors (Lipinski definition) is 0. The smallest absolute Gasteiger partial charge is 0.316 e. The number of esters is 1. The van der Waals surface area contributed by atoms with Crippen LogP contribution >= 0.6 is 0 Å². The van der Waals surface area contributed by atoms with Crippen LogP contribution in [-0.4, -0.2) is 27.3 Å². The predicted molar refractivity (Wildman–Crippen MR) is 67.1 cm³/mol. The number of methoxy groups -OCH3 is 3. The molecule has 2 rings (SSSR count). The summed E-state index contributed by atoms with van der Waals surface area (Å²) < 4.78 is 15.4. The standard InChI is InChI=1S/C14H18O4/c1-16-11-6-5-10(9-12(11)17-2)14(7-4-8-14)13(15)18-3/h5-6,9H,4,7-8H2,1-3H3. The molecule has 0 unspecified atom stereocenters. The summed E-state index contributed by atoms with van der Waals surface area (Å²) in [5.41, 5.74) is 0.451. The molecule has 18 heavy (non-hydrogen) atoms. The molecule has 98 valence electrons. The summed E-state index contributed by atoms with van der Waals surface area (Å²) in [6, 6.07) is 5.61. The minimum atomic E-state index is -0.492. The Morgan fingerprint density at radius 3 is 2.22 bits per heavy atom. The number of carbonyl (C=O) groups excluding carboxylic acids is 1. The quantitative estimate of drug-likeness (QED) is 0.769. The van der Waals surface area contributed by atoms with E-state index in [0.717, 1.165) is 24.8 Å². The van der Waals surface area contributed by atoms with Crippen LogP contribution in [0.5, 0.6) is 11.5 Å². The molecule has 0 amide bonds. The van der Waals surface area contributed by atoms with Gasteiger partial charge < -0.3 is 14.2 Å². The first-order valence-electron chi connectivity index (χ1n) is 5.99. The molecule has 0 aromatic heterocycles. The Kier molecular flexibility index (Phi) is 3.45. The van der Waals surface area contributed by atoms with Crippen molar-refractivity contribution in [2.75, 3.05) is 21.3 Å². The van der Waals surface area contributed by atoms with Gasteiger partial charge >= 0.3 is 5.97 Å². The number of carbonyl (C=O) groups is 1. The van der Waals surface area contributed by atoms with Crippen molar-refractivity contribution in [1.29, 1.82) is 0 Å². The van der Waals surface area contributed by atoms with Gasteiger partial charge in [-0.2, -0.15) is 0 Å². The molecule has 1 aliphatic carbocycles. The van der Waals surface area contributed by atoms with Crippen LogP contribution in [0.25, 0.3) is 0 Å². The van der Waals surface area contributed by atoms with E-state index >= 15 is 0 Å². The van der Waals surface area contributed by atoms with Gasteiger partial charge in [-0.25, -0.2) is 0 Å². The van der Waals surface area contributed by atoms with E-state index in [4.69, 9.17) is 14.2 Å². The van der Waals surface area contributed by atoms with Crippen LogP contribution in [-0.2, 0) is 14.9 Å². The highest BCUT2D eigenvalue weighted by Crippen LogP contribution is 2.46. The fourth-order valence-corrected chi connectivity index (χ4v) is 2.47. The van der Waals surface area contributed by atoms with Crippen LogP contribution < -0.4 is 9.47 Å². The maximum absolute atomic E-state index is 12.0. The highest BCUT2D eigenvalue weighted by Gasteiger charge is 2.47. The van der Waals surface area contributed by atoms with Crippen LogP contribution in [0.15, 0.2) is 18.2 Å². The second kappa shape index (κ2) is 4.88. The average Bonchev–Trinajstić information content (AvgIpc) is 2.36. The maximum Gasteiger partial charge on any atom is 0.316 e. The highest BCUT2D eigenvalue weighted by molar-refractivity contribution is 5.84. The first kappa shape index (κ1) is 12.7. The molecule has 4 nitrogen and oxygen atoms in total. The van der Waals surface area contributed by atoms with Gasteiger partial charge in [-0.1, -0.05) is 12.5 Å².